The average Bonchev–Trinajstić information content (AvgIpc) is 3.27. The molecule has 320 valence electrons. The van der Waals surface area contributed by atoms with Gasteiger partial charge in [-0.3, -0.25) is 19.2 Å². The molecule has 0 saturated carbocycles. The van der Waals surface area contributed by atoms with Crippen LogP contribution in [0.5, 0.6) is 0 Å². The van der Waals surface area contributed by atoms with Crippen LogP contribution in [-0.4, -0.2) is 93.1 Å². The molecule has 0 aliphatic rings. The van der Waals surface area contributed by atoms with Gasteiger partial charge in [-0.05, 0) is 34.6 Å². The number of aliphatic hydroxyl groups is 4. The molecule has 0 heterocycles. The lowest BCUT2D eigenvalue weighted by Gasteiger charge is -2.30. The fraction of sp³-hybridized carbons (Fsp3) is 0.356. The molecule has 0 aliphatic carbocycles. The second-order valence-electron chi connectivity index (χ2n) is 14.6. The molecule has 3 amide bonds. The average molecular weight is 827 g/mol. The number of aliphatic hydroxyl groups excluding tert-OH is 4. The van der Waals surface area contributed by atoms with E-state index in [4.69, 9.17) is 15.2 Å². The standard InChI is InChI=1S/C45H54N4O11/c1-28(2)38(49-45(58)59-27-29-15-7-3-8-16-29)36(51)24-23-33(46)43(56)48-35(26-50)39(53)40(54)41(55)44(57)47-34(30-17-9-4-10-18-30)25-37(52)60-42(31-19-11-5-12-20-31)32-21-13-6-14-22-32/h3-22,28,33-35,38-42,50,53-55H,23-27,46H2,1-2H3,(H,47,57)(H,48,56)(H,49,58)/t33-,34-,35-,38-,39+,40+,41-/m0/s1. The van der Waals surface area contributed by atoms with Crippen LogP contribution >= 0.6 is 0 Å². The van der Waals surface area contributed by atoms with E-state index in [1.54, 1.807) is 68.4 Å². The van der Waals surface area contributed by atoms with Crippen molar-refractivity contribution in [3.63, 3.8) is 0 Å². The third-order valence-electron chi connectivity index (χ3n) is 9.76. The van der Waals surface area contributed by atoms with Gasteiger partial charge in [0.05, 0.1) is 37.2 Å². The molecule has 15 heteroatoms. The van der Waals surface area contributed by atoms with Crippen LogP contribution in [0.25, 0.3) is 0 Å². The van der Waals surface area contributed by atoms with Crippen LogP contribution < -0.4 is 21.7 Å². The molecule has 4 aromatic carbocycles. The van der Waals surface area contributed by atoms with E-state index in [-0.39, 0.29) is 31.8 Å². The molecule has 0 unspecified atom stereocenters. The van der Waals surface area contributed by atoms with Crippen molar-refractivity contribution in [1.29, 1.82) is 0 Å². The highest BCUT2D eigenvalue weighted by molar-refractivity contribution is 5.89. The van der Waals surface area contributed by atoms with E-state index >= 15 is 0 Å². The molecule has 60 heavy (non-hydrogen) atoms. The van der Waals surface area contributed by atoms with E-state index in [1.807, 2.05) is 66.7 Å². The highest BCUT2D eigenvalue weighted by atomic mass is 16.6. The SMILES string of the molecule is CC(C)[C@H](NC(=O)OCc1ccccc1)C(=O)CC[C@H](N)C(=O)N[C@@H](CO)[C@@H](O)[C@@H](O)[C@H](O)C(=O)N[C@@H](CC(=O)OC(c1ccccc1)c1ccccc1)c1ccccc1. The van der Waals surface area contributed by atoms with Crippen LogP contribution in [0.2, 0.25) is 0 Å². The number of carbonyl (C=O) groups excluding carboxylic acids is 5. The van der Waals surface area contributed by atoms with Crippen molar-refractivity contribution in [3.05, 3.63) is 144 Å². The molecule has 0 spiro atoms. The van der Waals surface area contributed by atoms with Gasteiger partial charge in [-0.25, -0.2) is 4.79 Å². The van der Waals surface area contributed by atoms with Crippen LogP contribution in [0.3, 0.4) is 0 Å². The summed E-state index contributed by atoms with van der Waals surface area (Å²) in [5.41, 5.74) is 8.71. The summed E-state index contributed by atoms with van der Waals surface area (Å²) < 4.78 is 11.2. The molecule has 0 saturated heterocycles. The van der Waals surface area contributed by atoms with Crippen molar-refractivity contribution in [2.45, 2.75) is 88.3 Å². The number of ketones is 1. The van der Waals surface area contributed by atoms with Gasteiger partial charge in [0.25, 0.3) is 5.91 Å². The number of nitrogens with two attached hydrogens (primary N) is 1. The number of hydrogen-bond acceptors (Lipinski definition) is 12. The largest absolute Gasteiger partial charge is 0.452 e. The number of hydrogen-bond donors (Lipinski definition) is 8. The highest BCUT2D eigenvalue weighted by Crippen LogP contribution is 2.28. The molecule has 9 N–H and O–H groups in total. The first-order valence-electron chi connectivity index (χ1n) is 19.6. The first-order chi connectivity index (χ1) is 28.8. The van der Waals surface area contributed by atoms with E-state index in [2.05, 4.69) is 16.0 Å². The van der Waals surface area contributed by atoms with Crippen LogP contribution in [0, 0.1) is 5.92 Å². The summed E-state index contributed by atoms with van der Waals surface area (Å²) in [5, 5.41) is 50.1. The summed E-state index contributed by atoms with van der Waals surface area (Å²) in [6.07, 6.45) is -8.94. The molecule has 0 fully saturated rings. The lowest BCUT2D eigenvalue weighted by atomic mass is 9.95. The molecule has 7 atom stereocenters. The maximum absolute atomic E-state index is 13.5. The molecule has 15 nitrogen and oxygen atoms in total. The van der Waals surface area contributed by atoms with Crippen molar-refractivity contribution >= 4 is 29.7 Å². The second-order valence-corrected chi connectivity index (χ2v) is 14.6. The van der Waals surface area contributed by atoms with E-state index in [9.17, 15) is 44.4 Å². The van der Waals surface area contributed by atoms with Gasteiger partial charge in [0.1, 0.15) is 18.8 Å². The fourth-order valence-corrected chi connectivity index (χ4v) is 6.33. The predicted molar refractivity (Wildman–Crippen MR) is 220 cm³/mol. The molecule has 4 rings (SSSR count). The van der Waals surface area contributed by atoms with Gasteiger partial charge in [0.2, 0.25) is 5.91 Å². The quantitative estimate of drug-likeness (QED) is 0.0534. The fourth-order valence-electron chi connectivity index (χ4n) is 6.33. The molecular weight excluding hydrogens is 773 g/mol. The number of Topliss-reactive ketones (excluding diaryl/α,β-unsaturated/α-hetero) is 1. The number of carbonyl (C=O) groups is 5. The summed E-state index contributed by atoms with van der Waals surface area (Å²) in [7, 11) is 0. The number of nitrogens with one attached hydrogen (secondary N) is 3. The minimum atomic E-state index is -2.29. The molecule has 0 aromatic heterocycles. The molecule has 0 radical (unpaired) electrons. The van der Waals surface area contributed by atoms with Gasteiger partial charge in [-0.2, -0.15) is 0 Å². The Balaban J connectivity index is 1.33. The first kappa shape index (κ1) is 46.7. The Bertz CT molecular complexity index is 1920. The number of alkyl carbamates (subject to hydrolysis) is 1. The van der Waals surface area contributed by atoms with E-state index in [0.29, 0.717) is 5.56 Å². The predicted octanol–water partition coefficient (Wildman–Crippen LogP) is 2.75. The Morgan fingerprint density at radius 1 is 0.667 bits per heavy atom. The highest BCUT2D eigenvalue weighted by Gasteiger charge is 2.37. The third kappa shape index (κ3) is 14.1. The molecule has 4 aromatic rings. The van der Waals surface area contributed by atoms with Gasteiger partial charge >= 0.3 is 12.1 Å². The van der Waals surface area contributed by atoms with Crippen LogP contribution in [0.1, 0.15) is 67.5 Å². The topological polar surface area (TPSA) is 247 Å². The van der Waals surface area contributed by atoms with Crippen LogP contribution in [0.4, 0.5) is 4.79 Å². The first-order valence-corrected chi connectivity index (χ1v) is 19.6. The van der Waals surface area contributed by atoms with Gasteiger partial charge in [-0.15, -0.1) is 0 Å². The number of amides is 3. The maximum Gasteiger partial charge on any atom is 0.408 e. The van der Waals surface area contributed by atoms with Crippen molar-refractivity contribution < 1.29 is 53.9 Å². The summed E-state index contributed by atoms with van der Waals surface area (Å²) in [5.74, 6) is -3.50. The zero-order valence-corrected chi connectivity index (χ0v) is 33.5. The molecule has 0 bridgehead atoms. The monoisotopic (exact) mass is 826 g/mol. The normalized spacial score (nSPS) is 14.8. The zero-order valence-electron chi connectivity index (χ0n) is 33.5. The smallest absolute Gasteiger partial charge is 0.408 e. The molecule has 0 aliphatic heterocycles. The number of benzene rings is 4. The van der Waals surface area contributed by atoms with Crippen LogP contribution in [-0.2, 0) is 35.3 Å². The Morgan fingerprint density at radius 2 is 1.18 bits per heavy atom. The third-order valence-corrected chi connectivity index (χ3v) is 9.76. The van der Waals surface area contributed by atoms with E-state index < -0.39 is 84.9 Å². The second kappa shape index (κ2) is 23.6. The summed E-state index contributed by atoms with van der Waals surface area (Å²) in [4.78, 5) is 65.3. The van der Waals surface area contributed by atoms with E-state index in [1.165, 1.54) is 0 Å². The number of esters is 1. The van der Waals surface area contributed by atoms with E-state index in [0.717, 1.165) is 16.7 Å². The van der Waals surface area contributed by atoms with Crippen molar-refractivity contribution in [2.75, 3.05) is 6.61 Å². The summed E-state index contributed by atoms with van der Waals surface area (Å²) in [6, 6.07) is 30.7. The Labute approximate surface area is 348 Å². The minimum absolute atomic E-state index is 0.00113. The lowest BCUT2D eigenvalue weighted by molar-refractivity contribution is -0.149. The van der Waals surface area contributed by atoms with Crippen LogP contribution in [0.15, 0.2) is 121 Å². The Hall–Kier alpha value is -5.97. The maximum atomic E-state index is 13.5. The Morgan fingerprint density at radius 3 is 1.70 bits per heavy atom. The van der Waals surface area contributed by atoms with Gasteiger partial charge in [0.15, 0.2) is 18.0 Å². The summed E-state index contributed by atoms with van der Waals surface area (Å²) in [6.45, 7) is 2.52. The Kier molecular flexibility index (Phi) is 18.4. The van der Waals surface area contributed by atoms with Gasteiger partial charge in [-0.1, -0.05) is 135 Å². The summed E-state index contributed by atoms with van der Waals surface area (Å²) >= 11 is 0. The minimum Gasteiger partial charge on any atom is -0.452 e. The number of rotatable bonds is 22. The van der Waals surface area contributed by atoms with Crippen molar-refractivity contribution in [1.82, 2.24) is 16.0 Å². The molecular formula is C45H54N4O11. The zero-order chi connectivity index (χ0) is 43.6. The van der Waals surface area contributed by atoms with Crippen molar-refractivity contribution in [3.8, 4) is 0 Å². The van der Waals surface area contributed by atoms with Gasteiger partial charge < -0.3 is 51.6 Å². The lowest BCUT2D eigenvalue weighted by Crippen LogP contribution is -2.58. The van der Waals surface area contributed by atoms with Gasteiger partial charge in [0, 0.05) is 6.42 Å². The number of ether oxygens (including phenoxy) is 2. The van der Waals surface area contributed by atoms with Crippen molar-refractivity contribution in [2.24, 2.45) is 11.7 Å².